The van der Waals surface area contributed by atoms with Crippen molar-refractivity contribution in [1.29, 1.82) is 0 Å². The molecular weight excluding hydrogens is 154 g/mol. The van der Waals surface area contributed by atoms with Gasteiger partial charge in [0.15, 0.2) is 0 Å². The van der Waals surface area contributed by atoms with Gasteiger partial charge in [-0.05, 0) is 12.1 Å². The van der Waals surface area contributed by atoms with E-state index < -0.39 is 12.8 Å². The summed E-state index contributed by atoms with van der Waals surface area (Å²) in [6.07, 6.45) is 0. The van der Waals surface area contributed by atoms with Gasteiger partial charge in [-0.1, -0.05) is 6.07 Å². The Morgan fingerprint density at radius 1 is 1.67 bits per heavy atom. The van der Waals surface area contributed by atoms with E-state index in [0.29, 0.717) is 11.4 Å². The molecule has 1 aromatic rings. The summed E-state index contributed by atoms with van der Waals surface area (Å²) in [5, 5.41) is 2.28. The molecule has 0 saturated heterocycles. The average molecular weight is 168 g/mol. The number of rotatable bonds is 2. The van der Waals surface area contributed by atoms with E-state index in [1.54, 1.807) is 24.3 Å². The van der Waals surface area contributed by atoms with Gasteiger partial charge in [-0.3, -0.25) is 4.79 Å². The maximum atomic E-state index is 11.1. The lowest BCUT2D eigenvalue weighted by molar-refractivity contribution is -0.114. The van der Waals surface area contributed by atoms with Crippen LogP contribution in [0.15, 0.2) is 24.3 Å². The van der Waals surface area contributed by atoms with Crippen molar-refractivity contribution in [2.45, 2.75) is 6.85 Å². The first-order chi connectivity index (χ1) is 6.93. The van der Waals surface area contributed by atoms with Crippen LogP contribution in [0.2, 0.25) is 0 Å². The van der Waals surface area contributed by atoms with E-state index in [0.717, 1.165) is 0 Å². The summed E-state index contributed by atoms with van der Waals surface area (Å²) in [5.41, 5.74) is 0.399. The Hall–Kier alpha value is -1.51. The molecule has 3 nitrogen and oxygen atoms in total. The molecule has 1 amide bonds. The Balaban J connectivity index is 2.77. The average Bonchev–Trinajstić information content (AvgIpc) is 2.16. The fourth-order valence-corrected chi connectivity index (χ4v) is 0.832. The number of carbonyl (C=O) groups excluding carboxylic acids is 1. The van der Waals surface area contributed by atoms with Crippen molar-refractivity contribution >= 4 is 11.6 Å². The van der Waals surface area contributed by atoms with Gasteiger partial charge in [-0.2, -0.15) is 0 Å². The van der Waals surface area contributed by atoms with Gasteiger partial charge < -0.3 is 10.1 Å². The van der Waals surface area contributed by atoms with Crippen molar-refractivity contribution in [3.8, 4) is 5.75 Å². The number of anilines is 1. The standard InChI is InChI=1S/C9H11NO2/c1-7(11)10-8-4-3-5-9(6-8)12-2/h3-6H,1-2H3,(H,10,11)/i1D3. The highest BCUT2D eigenvalue weighted by molar-refractivity contribution is 5.88. The summed E-state index contributed by atoms with van der Waals surface area (Å²) >= 11 is 0. The Labute approximate surface area is 75.6 Å². The molecule has 0 unspecified atom stereocenters. The number of nitrogens with one attached hydrogen (secondary N) is 1. The minimum Gasteiger partial charge on any atom is -0.497 e. The lowest BCUT2D eigenvalue weighted by Crippen LogP contribution is -2.05. The Bertz CT molecular complexity index is 363. The minimum absolute atomic E-state index is 0.399. The molecule has 0 fully saturated rings. The highest BCUT2D eigenvalue weighted by Crippen LogP contribution is 2.16. The van der Waals surface area contributed by atoms with Gasteiger partial charge in [0.05, 0.1) is 7.11 Å². The molecule has 0 spiro atoms. The van der Waals surface area contributed by atoms with Crippen LogP contribution in [0.25, 0.3) is 0 Å². The van der Waals surface area contributed by atoms with E-state index in [2.05, 4.69) is 5.32 Å². The third-order valence-corrected chi connectivity index (χ3v) is 1.33. The van der Waals surface area contributed by atoms with E-state index in [1.807, 2.05) is 0 Å². The van der Waals surface area contributed by atoms with Gasteiger partial charge in [-0.25, -0.2) is 0 Å². The fourth-order valence-electron chi connectivity index (χ4n) is 0.832. The van der Waals surface area contributed by atoms with E-state index in [-0.39, 0.29) is 0 Å². The van der Waals surface area contributed by atoms with Crippen LogP contribution in [-0.2, 0) is 4.79 Å². The SMILES string of the molecule is [2H]C([2H])([2H])C(=O)Nc1cccc(OC)c1. The largest absolute Gasteiger partial charge is 0.497 e. The molecule has 1 aromatic carbocycles. The van der Waals surface area contributed by atoms with Crippen molar-refractivity contribution in [3.63, 3.8) is 0 Å². The summed E-state index contributed by atoms with van der Waals surface area (Å²) in [6.45, 7) is -2.64. The summed E-state index contributed by atoms with van der Waals surface area (Å²) in [4.78, 5) is 11.1. The zero-order chi connectivity index (χ0) is 11.5. The molecule has 3 heteroatoms. The lowest BCUT2D eigenvalue weighted by Gasteiger charge is -2.03. The third kappa shape index (κ3) is 2.27. The van der Waals surface area contributed by atoms with Crippen molar-refractivity contribution in [1.82, 2.24) is 0 Å². The Morgan fingerprint density at radius 3 is 3.17 bits per heavy atom. The summed E-state index contributed by atoms with van der Waals surface area (Å²) < 4.78 is 25.6. The molecule has 12 heavy (non-hydrogen) atoms. The van der Waals surface area contributed by atoms with Crippen LogP contribution in [0.1, 0.15) is 11.0 Å². The van der Waals surface area contributed by atoms with Gasteiger partial charge in [0.25, 0.3) is 0 Å². The molecule has 0 heterocycles. The van der Waals surface area contributed by atoms with Crippen LogP contribution in [0.4, 0.5) is 5.69 Å². The van der Waals surface area contributed by atoms with Crippen LogP contribution in [0.3, 0.4) is 0 Å². The molecule has 64 valence electrons. The first-order valence-electron chi connectivity index (χ1n) is 4.89. The number of carbonyl (C=O) groups is 1. The van der Waals surface area contributed by atoms with Gasteiger partial charge in [0.1, 0.15) is 5.75 Å². The Morgan fingerprint density at radius 2 is 2.50 bits per heavy atom. The van der Waals surface area contributed by atoms with Crippen molar-refractivity contribution in [2.75, 3.05) is 12.4 Å². The second-order valence-corrected chi connectivity index (χ2v) is 2.19. The van der Waals surface area contributed by atoms with Crippen molar-refractivity contribution in [3.05, 3.63) is 24.3 Å². The van der Waals surface area contributed by atoms with E-state index >= 15 is 0 Å². The molecule has 0 atom stereocenters. The first-order valence-corrected chi connectivity index (χ1v) is 3.39. The predicted octanol–water partition coefficient (Wildman–Crippen LogP) is 1.65. The third-order valence-electron chi connectivity index (χ3n) is 1.33. The van der Waals surface area contributed by atoms with Gasteiger partial charge in [0.2, 0.25) is 5.91 Å². The predicted molar refractivity (Wildman–Crippen MR) is 47.3 cm³/mol. The monoisotopic (exact) mass is 168 g/mol. The number of hydrogen-bond acceptors (Lipinski definition) is 2. The van der Waals surface area contributed by atoms with Crippen LogP contribution in [0.5, 0.6) is 5.75 Å². The number of benzene rings is 1. The number of ether oxygens (including phenoxy) is 1. The smallest absolute Gasteiger partial charge is 0.221 e. The second kappa shape index (κ2) is 3.76. The van der Waals surface area contributed by atoms with Crippen LogP contribution >= 0.6 is 0 Å². The molecule has 1 N–H and O–H groups in total. The van der Waals surface area contributed by atoms with Crippen molar-refractivity contribution < 1.29 is 13.6 Å². The summed E-state index contributed by atoms with van der Waals surface area (Å²) in [7, 11) is 1.49. The molecule has 0 saturated carbocycles. The van der Waals surface area contributed by atoms with Gasteiger partial charge >= 0.3 is 0 Å². The lowest BCUT2D eigenvalue weighted by atomic mass is 10.3. The second-order valence-electron chi connectivity index (χ2n) is 2.19. The van der Waals surface area contributed by atoms with Gasteiger partial charge in [-0.15, -0.1) is 0 Å². The quantitative estimate of drug-likeness (QED) is 0.729. The van der Waals surface area contributed by atoms with E-state index in [1.165, 1.54) is 7.11 Å². The number of methoxy groups -OCH3 is 1. The molecule has 0 aliphatic heterocycles. The summed E-state index contributed by atoms with van der Waals surface area (Å²) in [5.74, 6) is -0.450. The zero-order valence-electron chi connectivity index (χ0n) is 9.63. The highest BCUT2D eigenvalue weighted by atomic mass is 16.5. The molecule has 0 aliphatic rings. The topological polar surface area (TPSA) is 38.3 Å². The van der Waals surface area contributed by atoms with Gasteiger partial charge in [0, 0.05) is 22.7 Å². The van der Waals surface area contributed by atoms with E-state index in [9.17, 15) is 4.79 Å². The molecule has 1 rings (SSSR count). The molecule has 0 aliphatic carbocycles. The maximum Gasteiger partial charge on any atom is 0.221 e. The molecule has 0 aromatic heterocycles. The molecular formula is C9H11NO2. The number of amides is 1. The van der Waals surface area contributed by atoms with Crippen LogP contribution < -0.4 is 10.1 Å². The van der Waals surface area contributed by atoms with E-state index in [4.69, 9.17) is 8.85 Å². The zero-order valence-corrected chi connectivity index (χ0v) is 6.63. The van der Waals surface area contributed by atoms with Crippen molar-refractivity contribution in [2.24, 2.45) is 0 Å². The fraction of sp³-hybridized carbons (Fsp3) is 0.222. The Kier molecular flexibility index (Phi) is 1.63. The van der Waals surface area contributed by atoms with Crippen LogP contribution in [0, 0.1) is 0 Å². The van der Waals surface area contributed by atoms with Crippen LogP contribution in [-0.4, -0.2) is 13.0 Å². The normalized spacial score (nSPS) is 13.9. The highest BCUT2D eigenvalue weighted by Gasteiger charge is 1.95. The minimum atomic E-state index is -2.64. The first kappa shape index (κ1) is 5.19. The molecule has 0 bridgehead atoms. The molecule has 0 radical (unpaired) electrons. The number of hydrogen-bond donors (Lipinski definition) is 1. The summed E-state index contributed by atoms with van der Waals surface area (Å²) in [6, 6.07) is 6.49. The maximum absolute atomic E-state index is 11.1.